The summed E-state index contributed by atoms with van der Waals surface area (Å²) in [6.07, 6.45) is 3.86. The van der Waals surface area contributed by atoms with Crippen LogP contribution in [0.2, 0.25) is 0 Å². The maximum absolute atomic E-state index is 13.1. The molecular weight excluding hydrogens is 342 g/mol. The van der Waals surface area contributed by atoms with Gasteiger partial charge in [0.05, 0.1) is 5.52 Å². The van der Waals surface area contributed by atoms with Gasteiger partial charge in [-0.05, 0) is 37.9 Å². The number of pyridine rings is 1. The van der Waals surface area contributed by atoms with E-state index in [0.717, 1.165) is 39.0 Å². The Labute approximate surface area is 159 Å². The SMILES string of the molecule is CC1CCN(C(=O)c2nc(C(=O)N3CCN(C)CC3)n3ccccc23)CC1. The number of likely N-dealkylation sites (N-methyl/N-ethyl adjacent to an activating group) is 1. The van der Waals surface area contributed by atoms with Gasteiger partial charge in [0.2, 0.25) is 5.82 Å². The van der Waals surface area contributed by atoms with Crippen molar-refractivity contribution in [2.75, 3.05) is 46.3 Å². The van der Waals surface area contributed by atoms with Crippen LogP contribution in [0.3, 0.4) is 0 Å². The fourth-order valence-corrected chi connectivity index (χ4v) is 3.86. The Hall–Kier alpha value is -2.41. The van der Waals surface area contributed by atoms with Crippen LogP contribution in [0, 0.1) is 5.92 Å². The number of piperidine rings is 1. The van der Waals surface area contributed by atoms with Crippen LogP contribution in [0.15, 0.2) is 24.4 Å². The van der Waals surface area contributed by atoms with Crippen molar-refractivity contribution in [2.45, 2.75) is 19.8 Å². The summed E-state index contributed by atoms with van der Waals surface area (Å²) >= 11 is 0. The number of likely N-dealkylation sites (tertiary alicyclic amines) is 1. The summed E-state index contributed by atoms with van der Waals surface area (Å²) < 4.78 is 1.76. The van der Waals surface area contributed by atoms with Crippen molar-refractivity contribution < 1.29 is 9.59 Å². The Bertz CT molecular complexity index is 777. The molecule has 0 aliphatic carbocycles. The fourth-order valence-electron chi connectivity index (χ4n) is 3.86. The van der Waals surface area contributed by atoms with Gasteiger partial charge in [-0.3, -0.25) is 14.0 Å². The monoisotopic (exact) mass is 369 g/mol. The number of carbonyl (C=O) groups is 2. The molecule has 2 amide bonds. The van der Waals surface area contributed by atoms with Crippen LogP contribution >= 0.6 is 0 Å². The van der Waals surface area contributed by atoms with Gasteiger partial charge < -0.3 is 14.7 Å². The second kappa shape index (κ2) is 7.31. The summed E-state index contributed by atoms with van der Waals surface area (Å²) in [6, 6.07) is 5.62. The molecule has 7 nitrogen and oxygen atoms in total. The number of nitrogens with zero attached hydrogens (tertiary/aromatic N) is 5. The number of hydrogen-bond donors (Lipinski definition) is 0. The highest BCUT2D eigenvalue weighted by Gasteiger charge is 2.29. The van der Waals surface area contributed by atoms with Crippen molar-refractivity contribution in [2.24, 2.45) is 5.92 Å². The molecule has 0 aromatic carbocycles. The number of amides is 2. The molecule has 0 radical (unpaired) electrons. The first-order valence-corrected chi connectivity index (χ1v) is 9.79. The van der Waals surface area contributed by atoms with Gasteiger partial charge in [0.15, 0.2) is 5.69 Å². The van der Waals surface area contributed by atoms with Crippen LogP contribution in [-0.4, -0.2) is 82.2 Å². The van der Waals surface area contributed by atoms with Gasteiger partial charge in [-0.25, -0.2) is 4.98 Å². The predicted octanol–water partition coefficient (Wildman–Crippen LogP) is 1.59. The van der Waals surface area contributed by atoms with Gasteiger partial charge >= 0.3 is 0 Å². The van der Waals surface area contributed by atoms with Crippen LogP contribution in [0.1, 0.15) is 40.9 Å². The van der Waals surface area contributed by atoms with Crippen molar-refractivity contribution in [1.29, 1.82) is 0 Å². The van der Waals surface area contributed by atoms with Gasteiger partial charge in [-0.1, -0.05) is 13.0 Å². The maximum atomic E-state index is 13.1. The lowest BCUT2D eigenvalue weighted by atomic mass is 9.99. The van der Waals surface area contributed by atoms with E-state index in [4.69, 9.17) is 0 Å². The van der Waals surface area contributed by atoms with E-state index in [1.165, 1.54) is 0 Å². The first-order valence-electron chi connectivity index (χ1n) is 9.79. The van der Waals surface area contributed by atoms with Crippen LogP contribution in [0.4, 0.5) is 0 Å². The van der Waals surface area contributed by atoms with E-state index in [1.807, 2.05) is 34.2 Å². The highest BCUT2D eigenvalue weighted by Crippen LogP contribution is 2.21. The normalized spacial score (nSPS) is 19.6. The molecule has 0 bridgehead atoms. The number of imidazole rings is 1. The summed E-state index contributed by atoms with van der Waals surface area (Å²) in [5.41, 5.74) is 1.10. The Morgan fingerprint density at radius 2 is 1.63 bits per heavy atom. The molecule has 144 valence electrons. The molecule has 0 unspecified atom stereocenters. The first kappa shape index (κ1) is 18.0. The highest BCUT2D eigenvalue weighted by molar-refractivity contribution is 6.02. The van der Waals surface area contributed by atoms with Gasteiger partial charge in [-0.15, -0.1) is 0 Å². The number of fused-ring (bicyclic) bond motifs is 1. The lowest BCUT2D eigenvalue weighted by Crippen LogP contribution is -2.47. The lowest BCUT2D eigenvalue weighted by Gasteiger charge is -2.32. The van der Waals surface area contributed by atoms with E-state index in [2.05, 4.69) is 23.9 Å². The molecule has 2 fully saturated rings. The Morgan fingerprint density at radius 3 is 2.33 bits per heavy atom. The minimum atomic E-state index is -0.101. The van der Waals surface area contributed by atoms with Crippen molar-refractivity contribution in [3.63, 3.8) is 0 Å². The zero-order valence-electron chi connectivity index (χ0n) is 16.1. The fraction of sp³-hybridized carbons (Fsp3) is 0.550. The molecule has 0 atom stereocenters. The minimum absolute atomic E-state index is 0.0666. The molecule has 2 saturated heterocycles. The average molecular weight is 369 g/mol. The number of hydrogen-bond acceptors (Lipinski definition) is 4. The zero-order valence-corrected chi connectivity index (χ0v) is 16.1. The smallest absolute Gasteiger partial charge is 0.290 e. The van der Waals surface area contributed by atoms with Gasteiger partial charge in [0.1, 0.15) is 0 Å². The minimum Gasteiger partial charge on any atom is -0.337 e. The highest BCUT2D eigenvalue weighted by atomic mass is 16.2. The van der Waals surface area contributed by atoms with Crippen LogP contribution in [-0.2, 0) is 0 Å². The molecule has 27 heavy (non-hydrogen) atoms. The van der Waals surface area contributed by atoms with Crippen LogP contribution in [0.5, 0.6) is 0 Å². The van der Waals surface area contributed by atoms with E-state index < -0.39 is 0 Å². The molecule has 0 spiro atoms. The third kappa shape index (κ3) is 3.43. The zero-order chi connectivity index (χ0) is 19.0. The summed E-state index contributed by atoms with van der Waals surface area (Å²) in [5.74, 6) is 0.824. The largest absolute Gasteiger partial charge is 0.337 e. The molecule has 2 aromatic heterocycles. The second-order valence-electron chi connectivity index (χ2n) is 7.81. The molecule has 4 rings (SSSR count). The summed E-state index contributed by atoms with van der Waals surface area (Å²) in [5, 5.41) is 0. The molecule has 7 heteroatoms. The quantitative estimate of drug-likeness (QED) is 0.807. The maximum Gasteiger partial charge on any atom is 0.290 e. The van der Waals surface area contributed by atoms with E-state index in [0.29, 0.717) is 36.0 Å². The summed E-state index contributed by atoms with van der Waals surface area (Å²) in [4.78, 5) is 36.6. The Morgan fingerprint density at radius 1 is 0.963 bits per heavy atom. The van der Waals surface area contributed by atoms with Gasteiger partial charge in [-0.2, -0.15) is 0 Å². The molecule has 2 aliphatic rings. The topological polar surface area (TPSA) is 61.2 Å². The molecule has 2 aromatic rings. The third-order valence-electron chi connectivity index (χ3n) is 5.80. The van der Waals surface area contributed by atoms with E-state index in [1.54, 1.807) is 4.40 Å². The molecule has 0 saturated carbocycles. The lowest BCUT2D eigenvalue weighted by molar-refractivity contribution is 0.0651. The first-order chi connectivity index (χ1) is 13.0. The van der Waals surface area contributed by atoms with Crippen molar-refractivity contribution in [1.82, 2.24) is 24.1 Å². The summed E-state index contributed by atoms with van der Waals surface area (Å²) in [7, 11) is 2.06. The number of rotatable bonds is 2. The van der Waals surface area contributed by atoms with Crippen LogP contribution < -0.4 is 0 Å². The molecule has 4 heterocycles. The molecular formula is C20H27N5O2. The second-order valence-corrected chi connectivity index (χ2v) is 7.81. The van der Waals surface area contributed by atoms with Crippen molar-refractivity contribution >= 4 is 17.3 Å². The number of carbonyl (C=O) groups excluding carboxylic acids is 2. The van der Waals surface area contributed by atoms with Gasteiger partial charge in [0.25, 0.3) is 11.8 Å². The molecule has 0 N–H and O–H groups in total. The third-order valence-corrected chi connectivity index (χ3v) is 5.80. The van der Waals surface area contributed by atoms with Gasteiger partial charge in [0, 0.05) is 45.5 Å². The van der Waals surface area contributed by atoms with E-state index >= 15 is 0 Å². The number of aromatic nitrogens is 2. The predicted molar refractivity (Wildman–Crippen MR) is 103 cm³/mol. The van der Waals surface area contributed by atoms with Crippen LogP contribution in [0.25, 0.3) is 5.52 Å². The average Bonchev–Trinajstić information content (AvgIpc) is 3.08. The Kier molecular flexibility index (Phi) is 4.86. The van der Waals surface area contributed by atoms with E-state index in [9.17, 15) is 9.59 Å². The van der Waals surface area contributed by atoms with Crippen molar-refractivity contribution in [3.05, 3.63) is 35.9 Å². The molecule has 2 aliphatic heterocycles. The summed E-state index contributed by atoms with van der Waals surface area (Å²) in [6.45, 7) is 6.82. The van der Waals surface area contributed by atoms with Crippen molar-refractivity contribution in [3.8, 4) is 0 Å². The van der Waals surface area contributed by atoms with E-state index in [-0.39, 0.29) is 11.8 Å². The number of piperazine rings is 1. The Balaban J connectivity index is 1.65. The standard InChI is InChI=1S/C20H27N5O2/c1-15-6-9-23(10-7-15)19(26)17-16-5-3-4-8-25(16)18(21-17)20(27)24-13-11-22(2)12-14-24/h3-5,8,15H,6-7,9-14H2,1-2H3.